The molecule has 1 heterocycles. The first-order valence-electron chi connectivity index (χ1n) is 6.58. The molecule has 110 valence electrons. The van der Waals surface area contributed by atoms with Gasteiger partial charge in [0.2, 0.25) is 0 Å². The van der Waals surface area contributed by atoms with Crippen molar-refractivity contribution in [3.8, 4) is 0 Å². The molecule has 0 saturated carbocycles. The number of benzene rings is 1. The van der Waals surface area contributed by atoms with Crippen molar-refractivity contribution in [3.05, 3.63) is 63.9 Å². The van der Waals surface area contributed by atoms with E-state index in [0.29, 0.717) is 12.2 Å². The SMILES string of the molecule is Cc1cccnc1C(O)C(=O)N(C)Cc1ccc(Br)cc1. The minimum atomic E-state index is -1.23. The molecule has 0 bridgehead atoms. The number of aliphatic hydroxyl groups excluding tert-OH is 1. The van der Waals surface area contributed by atoms with E-state index in [2.05, 4.69) is 20.9 Å². The second-order valence-electron chi connectivity index (χ2n) is 4.93. The molecule has 1 unspecified atom stereocenters. The lowest BCUT2D eigenvalue weighted by Crippen LogP contribution is -2.32. The molecule has 0 aliphatic heterocycles. The number of aliphatic hydroxyl groups is 1. The van der Waals surface area contributed by atoms with Gasteiger partial charge in [0.25, 0.3) is 5.91 Å². The number of halogens is 1. The van der Waals surface area contributed by atoms with Crippen LogP contribution in [-0.2, 0) is 11.3 Å². The highest BCUT2D eigenvalue weighted by Crippen LogP contribution is 2.18. The number of likely N-dealkylation sites (N-methyl/N-ethyl adjacent to an activating group) is 1. The molecule has 1 atom stereocenters. The fourth-order valence-electron chi connectivity index (χ4n) is 2.05. The molecule has 1 N–H and O–H groups in total. The van der Waals surface area contributed by atoms with Gasteiger partial charge in [0.15, 0.2) is 6.10 Å². The first kappa shape index (κ1) is 15.7. The first-order chi connectivity index (χ1) is 9.99. The van der Waals surface area contributed by atoms with Gasteiger partial charge in [-0.15, -0.1) is 0 Å². The second kappa shape index (κ2) is 6.83. The maximum absolute atomic E-state index is 12.3. The molecular formula is C16H17BrN2O2. The predicted molar refractivity (Wildman–Crippen MR) is 84.5 cm³/mol. The van der Waals surface area contributed by atoms with Crippen molar-refractivity contribution in [1.82, 2.24) is 9.88 Å². The summed E-state index contributed by atoms with van der Waals surface area (Å²) in [5.41, 5.74) is 2.21. The number of amides is 1. The maximum Gasteiger partial charge on any atom is 0.257 e. The van der Waals surface area contributed by atoms with Crippen molar-refractivity contribution in [2.45, 2.75) is 19.6 Å². The lowest BCUT2D eigenvalue weighted by molar-refractivity contribution is -0.139. The average Bonchev–Trinajstić information content (AvgIpc) is 2.48. The number of hydrogen-bond acceptors (Lipinski definition) is 3. The molecule has 5 heteroatoms. The zero-order valence-electron chi connectivity index (χ0n) is 12.0. The summed E-state index contributed by atoms with van der Waals surface area (Å²) >= 11 is 3.37. The van der Waals surface area contributed by atoms with Crippen molar-refractivity contribution in [2.75, 3.05) is 7.05 Å². The average molecular weight is 349 g/mol. The molecule has 0 radical (unpaired) electrons. The summed E-state index contributed by atoms with van der Waals surface area (Å²) < 4.78 is 0.990. The van der Waals surface area contributed by atoms with E-state index < -0.39 is 6.10 Å². The molecule has 21 heavy (non-hydrogen) atoms. The van der Waals surface area contributed by atoms with Gasteiger partial charge in [-0.25, -0.2) is 0 Å². The number of pyridine rings is 1. The Morgan fingerprint density at radius 2 is 2.00 bits per heavy atom. The Labute approximate surface area is 132 Å². The number of nitrogens with zero attached hydrogens (tertiary/aromatic N) is 2. The Bertz CT molecular complexity index is 628. The molecule has 1 amide bonds. The summed E-state index contributed by atoms with van der Waals surface area (Å²) in [6, 6.07) is 11.3. The Morgan fingerprint density at radius 1 is 1.33 bits per heavy atom. The second-order valence-corrected chi connectivity index (χ2v) is 5.84. The van der Waals surface area contributed by atoms with Gasteiger partial charge in [0, 0.05) is 24.3 Å². The zero-order valence-corrected chi connectivity index (χ0v) is 13.5. The fraction of sp³-hybridized carbons (Fsp3) is 0.250. The highest BCUT2D eigenvalue weighted by Gasteiger charge is 2.23. The first-order valence-corrected chi connectivity index (χ1v) is 7.37. The van der Waals surface area contributed by atoms with Gasteiger partial charge in [-0.05, 0) is 36.2 Å². The Morgan fingerprint density at radius 3 is 2.62 bits per heavy atom. The molecule has 0 saturated heterocycles. The van der Waals surface area contributed by atoms with Crippen molar-refractivity contribution >= 4 is 21.8 Å². The zero-order chi connectivity index (χ0) is 15.4. The van der Waals surface area contributed by atoms with E-state index in [1.807, 2.05) is 37.3 Å². The van der Waals surface area contributed by atoms with E-state index in [9.17, 15) is 9.90 Å². The van der Waals surface area contributed by atoms with Crippen LogP contribution < -0.4 is 0 Å². The molecule has 2 rings (SSSR count). The monoisotopic (exact) mass is 348 g/mol. The summed E-state index contributed by atoms with van der Waals surface area (Å²) in [7, 11) is 1.67. The molecule has 0 aliphatic carbocycles. The van der Waals surface area contributed by atoms with Crippen LogP contribution in [0.1, 0.15) is 22.9 Å². The fourth-order valence-corrected chi connectivity index (χ4v) is 2.32. The lowest BCUT2D eigenvalue weighted by Gasteiger charge is -2.21. The molecule has 1 aromatic carbocycles. The molecule has 4 nitrogen and oxygen atoms in total. The van der Waals surface area contributed by atoms with Crippen LogP contribution in [0.15, 0.2) is 47.1 Å². The van der Waals surface area contributed by atoms with Crippen LogP contribution in [-0.4, -0.2) is 27.9 Å². The van der Waals surface area contributed by atoms with Gasteiger partial charge in [-0.1, -0.05) is 34.1 Å². The van der Waals surface area contributed by atoms with Gasteiger partial charge < -0.3 is 10.0 Å². The number of rotatable bonds is 4. The Kier molecular flexibility index (Phi) is 5.09. The Balaban J connectivity index is 2.08. The van der Waals surface area contributed by atoms with Crippen molar-refractivity contribution in [2.24, 2.45) is 0 Å². The van der Waals surface area contributed by atoms with Crippen molar-refractivity contribution < 1.29 is 9.90 Å². The van der Waals surface area contributed by atoms with Gasteiger partial charge in [-0.3, -0.25) is 9.78 Å². The smallest absolute Gasteiger partial charge is 0.257 e. The van der Waals surface area contributed by atoms with Crippen LogP contribution in [0, 0.1) is 6.92 Å². The summed E-state index contributed by atoms with van der Waals surface area (Å²) in [5.74, 6) is -0.361. The van der Waals surface area contributed by atoms with E-state index in [1.54, 1.807) is 19.3 Å². The normalized spacial score (nSPS) is 12.0. The largest absolute Gasteiger partial charge is 0.377 e. The van der Waals surface area contributed by atoms with Crippen LogP contribution in [0.3, 0.4) is 0 Å². The number of carbonyl (C=O) groups is 1. The quantitative estimate of drug-likeness (QED) is 0.924. The highest BCUT2D eigenvalue weighted by molar-refractivity contribution is 9.10. The number of aryl methyl sites for hydroxylation is 1. The maximum atomic E-state index is 12.3. The number of hydrogen-bond donors (Lipinski definition) is 1. The molecule has 1 aromatic heterocycles. The van der Waals surface area contributed by atoms with E-state index in [0.717, 1.165) is 15.6 Å². The van der Waals surface area contributed by atoms with Crippen LogP contribution >= 0.6 is 15.9 Å². The van der Waals surface area contributed by atoms with E-state index in [1.165, 1.54) is 4.90 Å². The highest BCUT2D eigenvalue weighted by atomic mass is 79.9. The standard InChI is InChI=1S/C16H17BrN2O2/c1-11-4-3-9-18-14(11)15(20)16(21)19(2)10-12-5-7-13(17)8-6-12/h3-9,15,20H,10H2,1-2H3. The third kappa shape index (κ3) is 3.89. The molecule has 0 aliphatic rings. The third-order valence-electron chi connectivity index (χ3n) is 3.25. The van der Waals surface area contributed by atoms with Crippen LogP contribution in [0.5, 0.6) is 0 Å². The van der Waals surface area contributed by atoms with Crippen LogP contribution in [0.4, 0.5) is 0 Å². The van der Waals surface area contributed by atoms with Gasteiger partial charge in [0.05, 0.1) is 5.69 Å². The summed E-state index contributed by atoms with van der Waals surface area (Å²) in [6.07, 6.45) is 0.347. The third-order valence-corrected chi connectivity index (χ3v) is 3.78. The minimum Gasteiger partial charge on any atom is -0.377 e. The molecular weight excluding hydrogens is 332 g/mol. The molecule has 0 fully saturated rings. The van der Waals surface area contributed by atoms with E-state index in [4.69, 9.17) is 0 Å². The van der Waals surface area contributed by atoms with Gasteiger partial charge in [-0.2, -0.15) is 0 Å². The van der Waals surface area contributed by atoms with Crippen LogP contribution in [0.25, 0.3) is 0 Å². The minimum absolute atomic E-state index is 0.361. The molecule has 0 spiro atoms. The predicted octanol–water partition coefficient (Wildman–Crippen LogP) is 2.84. The van der Waals surface area contributed by atoms with E-state index >= 15 is 0 Å². The topological polar surface area (TPSA) is 53.4 Å². The van der Waals surface area contributed by atoms with E-state index in [-0.39, 0.29) is 5.91 Å². The summed E-state index contributed by atoms with van der Waals surface area (Å²) in [5, 5.41) is 10.2. The Hall–Kier alpha value is -1.72. The number of carbonyl (C=O) groups excluding carboxylic acids is 1. The van der Waals surface area contributed by atoms with Gasteiger partial charge in [0.1, 0.15) is 0 Å². The van der Waals surface area contributed by atoms with Gasteiger partial charge >= 0.3 is 0 Å². The molecule has 2 aromatic rings. The lowest BCUT2D eigenvalue weighted by atomic mass is 10.1. The number of aromatic nitrogens is 1. The van der Waals surface area contributed by atoms with Crippen LogP contribution in [0.2, 0.25) is 0 Å². The summed E-state index contributed by atoms with van der Waals surface area (Å²) in [4.78, 5) is 17.9. The van der Waals surface area contributed by atoms with Crippen molar-refractivity contribution in [3.63, 3.8) is 0 Å². The van der Waals surface area contributed by atoms with Crippen molar-refractivity contribution in [1.29, 1.82) is 0 Å². The summed E-state index contributed by atoms with van der Waals surface area (Å²) in [6.45, 7) is 2.27.